The van der Waals surface area contributed by atoms with Gasteiger partial charge in [-0.15, -0.1) is 11.6 Å². The van der Waals surface area contributed by atoms with Gasteiger partial charge in [0.25, 0.3) is 5.89 Å². The lowest BCUT2D eigenvalue weighted by atomic mass is 10.1. The third-order valence-corrected chi connectivity index (χ3v) is 3.96. The van der Waals surface area contributed by atoms with Gasteiger partial charge in [0.1, 0.15) is 0 Å². The van der Waals surface area contributed by atoms with Gasteiger partial charge in [-0.1, -0.05) is 47.1 Å². The maximum Gasteiger partial charge on any atom is 0.260 e. The first-order valence-corrected chi connectivity index (χ1v) is 8.19. The van der Waals surface area contributed by atoms with Crippen LogP contribution in [0, 0.1) is 6.92 Å². The van der Waals surface area contributed by atoms with Crippen LogP contribution in [0.1, 0.15) is 5.56 Å². The topological polar surface area (TPSA) is 71.2 Å². The number of rotatable bonds is 6. The number of aliphatic hydroxyl groups is 1. The lowest BCUT2D eigenvalue weighted by molar-refractivity contribution is 0.211. The summed E-state index contributed by atoms with van der Waals surface area (Å²) in [6.07, 6.45) is -0.620. The number of alkyl halides is 1. The van der Waals surface area contributed by atoms with E-state index in [2.05, 4.69) is 15.5 Å². The fourth-order valence-electron chi connectivity index (χ4n) is 2.26. The van der Waals surface area contributed by atoms with Gasteiger partial charge in [0, 0.05) is 17.8 Å². The molecule has 1 atom stereocenters. The van der Waals surface area contributed by atoms with E-state index in [4.69, 9.17) is 16.1 Å². The minimum atomic E-state index is -0.620. The molecule has 1 unspecified atom stereocenters. The normalized spacial score (nSPS) is 12.1. The highest BCUT2D eigenvalue weighted by atomic mass is 35.5. The maximum absolute atomic E-state index is 9.61. The molecule has 1 heterocycles. The monoisotopic (exact) mass is 343 g/mol. The molecule has 1 aromatic heterocycles. The number of aromatic nitrogens is 2. The van der Waals surface area contributed by atoms with Gasteiger partial charge < -0.3 is 14.9 Å². The molecule has 0 bridgehead atoms. The highest BCUT2D eigenvalue weighted by Gasteiger charge is 2.14. The molecule has 0 radical (unpaired) electrons. The Morgan fingerprint density at radius 3 is 2.67 bits per heavy atom. The third kappa shape index (κ3) is 3.75. The summed E-state index contributed by atoms with van der Waals surface area (Å²) in [6.45, 7) is 2.38. The summed E-state index contributed by atoms with van der Waals surface area (Å²) < 4.78 is 5.42. The Bertz CT molecular complexity index is 802. The van der Waals surface area contributed by atoms with Crippen LogP contribution in [0.15, 0.2) is 53.1 Å². The number of aliphatic hydroxyl groups excluding tert-OH is 1. The summed E-state index contributed by atoms with van der Waals surface area (Å²) in [5.74, 6) is 1.14. The van der Waals surface area contributed by atoms with Gasteiger partial charge in [-0.25, -0.2) is 0 Å². The van der Waals surface area contributed by atoms with E-state index in [9.17, 15) is 5.11 Å². The summed E-state index contributed by atoms with van der Waals surface area (Å²) >= 11 is 5.63. The van der Waals surface area contributed by atoms with E-state index < -0.39 is 6.10 Å². The van der Waals surface area contributed by atoms with Gasteiger partial charge in [-0.05, 0) is 19.1 Å². The number of para-hydroxylation sites is 1. The van der Waals surface area contributed by atoms with Crippen LogP contribution in [0.2, 0.25) is 0 Å². The van der Waals surface area contributed by atoms with Crippen LogP contribution >= 0.6 is 11.6 Å². The van der Waals surface area contributed by atoms with Crippen molar-refractivity contribution >= 4 is 17.3 Å². The van der Waals surface area contributed by atoms with Gasteiger partial charge in [0.2, 0.25) is 5.82 Å². The molecule has 124 valence electrons. The predicted octanol–water partition coefficient (Wildman–Crippen LogP) is 3.72. The van der Waals surface area contributed by atoms with Crippen LogP contribution in [-0.4, -0.2) is 33.8 Å². The number of nitrogens with one attached hydrogen (secondary N) is 1. The summed E-state index contributed by atoms with van der Waals surface area (Å²) in [5.41, 5.74) is 3.67. The van der Waals surface area contributed by atoms with Crippen molar-refractivity contribution in [3.63, 3.8) is 0 Å². The first-order chi connectivity index (χ1) is 11.7. The number of nitrogens with zero attached hydrogens (tertiary/aromatic N) is 2. The average Bonchev–Trinajstić information content (AvgIpc) is 3.10. The van der Waals surface area contributed by atoms with Crippen molar-refractivity contribution in [3.05, 3.63) is 54.1 Å². The Morgan fingerprint density at radius 1 is 1.17 bits per heavy atom. The molecule has 2 N–H and O–H groups in total. The largest absolute Gasteiger partial charge is 0.390 e. The second-order valence-electron chi connectivity index (χ2n) is 5.52. The Kier molecular flexibility index (Phi) is 5.13. The van der Waals surface area contributed by atoms with E-state index in [0.717, 1.165) is 16.8 Å². The summed E-state index contributed by atoms with van der Waals surface area (Å²) in [7, 11) is 0. The number of hydrogen-bond acceptors (Lipinski definition) is 5. The van der Waals surface area contributed by atoms with Gasteiger partial charge in [0.05, 0.1) is 17.5 Å². The SMILES string of the molecule is Cc1ccc(-c2noc(-c3ccccc3NCC(O)CCl)n2)cc1. The molecule has 0 aliphatic carbocycles. The van der Waals surface area contributed by atoms with Crippen molar-refractivity contribution in [2.45, 2.75) is 13.0 Å². The molecule has 24 heavy (non-hydrogen) atoms. The van der Waals surface area contributed by atoms with Gasteiger partial charge in [-0.2, -0.15) is 4.98 Å². The van der Waals surface area contributed by atoms with Gasteiger partial charge in [-0.3, -0.25) is 0 Å². The molecule has 0 saturated heterocycles. The molecule has 0 saturated carbocycles. The fourth-order valence-corrected chi connectivity index (χ4v) is 2.37. The van der Waals surface area contributed by atoms with E-state index in [1.54, 1.807) is 0 Å². The Morgan fingerprint density at radius 2 is 1.92 bits per heavy atom. The van der Waals surface area contributed by atoms with E-state index in [0.29, 0.717) is 18.3 Å². The minimum Gasteiger partial charge on any atom is -0.390 e. The lowest BCUT2D eigenvalue weighted by Gasteiger charge is -2.12. The van der Waals surface area contributed by atoms with Crippen molar-refractivity contribution in [1.82, 2.24) is 10.1 Å². The van der Waals surface area contributed by atoms with Crippen LogP contribution < -0.4 is 5.32 Å². The molecular weight excluding hydrogens is 326 g/mol. The average molecular weight is 344 g/mol. The van der Waals surface area contributed by atoms with Crippen molar-refractivity contribution < 1.29 is 9.63 Å². The van der Waals surface area contributed by atoms with Gasteiger partial charge in [0.15, 0.2) is 0 Å². The Hall–Kier alpha value is -2.37. The molecule has 0 aliphatic heterocycles. The summed E-state index contributed by atoms with van der Waals surface area (Å²) in [6, 6.07) is 15.5. The molecule has 2 aromatic carbocycles. The van der Waals surface area contributed by atoms with Crippen LogP contribution in [0.3, 0.4) is 0 Å². The molecule has 5 nitrogen and oxygen atoms in total. The molecule has 0 spiro atoms. The highest BCUT2D eigenvalue weighted by Crippen LogP contribution is 2.28. The zero-order chi connectivity index (χ0) is 16.9. The molecule has 0 amide bonds. The second kappa shape index (κ2) is 7.47. The van der Waals surface area contributed by atoms with Crippen LogP contribution in [0.4, 0.5) is 5.69 Å². The molecule has 3 aromatic rings. The van der Waals surface area contributed by atoms with E-state index in [1.165, 1.54) is 5.56 Å². The van der Waals surface area contributed by atoms with Crippen LogP contribution in [0.5, 0.6) is 0 Å². The Balaban J connectivity index is 1.86. The van der Waals surface area contributed by atoms with Crippen LogP contribution in [0.25, 0.3) is 22.8 Å². The highest BCUT2D eigenvalue weighted by molar-refractivity contribution is 6.18. The minimum absolute atomic E-state index is 0.174. The Labute approximate surface area is 145 Å². The third-order valence-electron chi connectivity index (χ3n) is 3.60. The summed E-state index contributed by atoms with van der Waals surface area (Å²) in [5, 5.41) is 16.8. The first-order valence-electron chi connectivity index (χ1n) is 7.65. The second-order valence-corrected chi connectivity index (χ2v) is 5.83. The number of benzene rings is 2. The number of anilines is 1. The molecule has 0 fully saturated rings. The maximum atomic E-state index is 9.61. The standard InChI is InChI=1S/C18H18ClN3O2/c1-12-6-8-13(9-7-12)17-21-18(24-22-17)15-4-2-3-5-16(15)20-11-14(23)10-19/h2-9,14,20,23H,10-11H2,1H3. The van der Waals surface area contributed by atoms with E-state index in [-0.39, 0.29) is 5.88 Å². The number of hydrogen-bond donors (Lipinski definition) is 2. The van der Waals surface area contributed by atoms with Crippen molar-refractivity contribution in [2.75, 3.05) is 17.7 Å². The fraction of sp³-hybridized carbons (Fsp3) is 0.222. The summed E-state index contributed by atoms with van der Waals surface area (Å²) in [4.78, 5) is 4.48. The molecule has 0 aliphatic rings. The molecule has 3 rings (SSSR count). The van der Waals surface area contributed by atoms with E-state index >= 15 is 0 Å². The zero-order valence-electron chi connectivity index (χ0n) is 13.2. The number of halogens is 1. The smallest absolute Gasteiger partial charge is 0.260 e. The number of aryl methyl sites for hydroxylation is 1. The zero-order valence-corrected chi connectivity index (χ0v) is 14.0. The molecular formula is C18H18ClN3O2. The quantitative estimate of drug-likeness (QED) is 0.667. The van der Waals surface area contributed by atoms with Crippen molar-refractivity contribution in [3.8, 4) is 22.8 Å². The van der Waals surface area contributed by atoms with Crippen molar-refractivity contribution in [1.29, 1.82) is 0 Å². The molecule has 6 heteroatoms. The van der Waals surface area contributed by atoms with Gasteiger partial charge >= 0.3 is 0 Å². The predicted molar refractivity (Wildman–Crippen MR) is 95.1 cm³/mol. The van der Waals surface area contributed by atoms with Crippen molar-refractivity contribution in [2.24, 2.45) is 0 Å². The van der Waals surface area contributed by atoms with E-state index in [1.807, 2.05) is 55.5 Å². The first kappa shape index (κ1) is 16.5. The lowest BCUT2D eigenvalue weighted by Crippen LogP contribution is -2.21. The van der Waals surface area contributed by atoms with Crippen LogP contribution in [-0.2, 0) is 0 Å².